The summed E-state index contributed by atoms with van der Waals surface area (Å²) < 4.78 is 0. The average Bonchev–Trinajstić information content (AvgIpc) is 2.85. The van der Waals surface area contributed by atoms with E-state index in [0.717, 1.165) is 0 Å². The highest BCUT2D eigenvalue weighted by atomic mass is 16.4. The zero-order chi connectivity index (χ0) is 30.4. The molecule has 0 aliphatic carbocycles. The lowest BCUT2D eigenvalue weighted by Gasteiger charge is -2.24. The fraction of sp³-hybridized carbons (Fsp3) is 0.435. The Morgan fingerprint density at radius 2 is 1.35 bits per heavy atom. The number of amides is 4. The molecule has 0 saturated heterocycles. The first-order valence-corrected chi connectivity index (χ1v) is 11.9. The van der Waals surface area contributed by atoms with E-state index >= 15 is 0 Å². The molecule has 1 rings (SSSR count). The SMILES string of the molecule is NC(=O)CC(NC(=O)C(N)Cc1ccc(O)cc1)C(=O)NC(CCCN=C(N)N)C(=O)NC(CC(=O)O)C(=O)O. The van der Waals surface area contributed by atoms with Gasteiger partial charge in [-0.2, -0.15) is 0 Å². The number of rotatable bonds is 17. The standard InChI is InChI=1S/C23H34N8O9/c24-13(8-11-3-5-12(32)6-4-11)19(36)30-15(9-17(25)33)21(38)29-14(2-1-7-28-23(26)27)20(37)31-16(22(39)40)10-18(34)35/h3-6,13-16,32H,1-2,7-10,24H2,(H2,25,33)(H,29,38)(H,30,36)(H,31,37)(H,34,35)(H,39,40)(H4,26,27,28). The van der Waals surface area contributed by atoms with Gasteiger partial charge in [-0.3, -0.25) is 29.0 Å². The predicted octanol–water partition coefficient (Wildman–Crippen LogP) is -3.80. The zero-order valence-electron chi connectivity index (χ0n) is 21.4. The number of carboxylic acids is 2. The van der Waals surface area contributed by atoms with Crippen LogP contribution in [-0.4, -0.2) is 87.6 Å². The Kier molecular flexibility index (Phi) is 13.3. The number of nitrogens with two attached hydrogens (primary N) is 4. The molecule has 4 atom stereocenters. The number of carbonyl (C=O) groups is 6. The molecule has 4 amide bonds. The van der Waals surface area contributed by atoms with Crippen LogP contribution in [0.5, 0.6) is 5.75 Å². The van der Waals surface area contributed by atoms with Crippen molar-refractivity contribution in [3.05, 3.63) is 29.8 Å². The molecule has 14 N–H and O–H groups in total. The Balaban J connectivity index is 3.04. The minimum Gasteiger partial charge on any atom is -0.508 e. The summed E-state index contributed by atoms with van der Waals surface area (Å²) in [5.41, 5.74) is 22.3. The van der Waals surface area contributed by atoms with Gasteiger partial charge in [-0.25, -0.2) is 4.79 Å². The minimum absolute atomic E-state index is 0.00879. The second-order valence-corrected chi connectivity index (χ2v) is 8.72. The Morgan fingerprint density at radius 1 is 0.800 bits per heavy atom. The van der Waals surface area contributed by atoms with Crippen LogP contribution < -0.4 is 38.9 Å². The summed E-state index contributed by atoms with van der Waals surface area (Å²) in [5, 5.41) is 34.2. The molecule has 40 heavy (non-hydrogen) atoms. The number of primary amides is 1. The molecule has 0 spiro atoms. The molecule has 4 unspecified atom stereocenters. The van der Waals surface area contributed by atoms with Gasteiger partial charge in [-0.05, 0) is 37.0 Å². The molecule has 0 saturated carbocycles. The lowest BCUT2D eigenvalue weighted by Crippen LogP contribution is -2.58. The molecule has 0 fully saturated rings. The molecular weight excluding hydrogens is 532 g/mol. The van der Waals surface area contributed by atoms with Gasteiger partial charge in [-0.1, -0.05) is 12.1 Å². The molecule has 220 valence electrons. The fourth-order valence-electron chi connectivity index (χ4n) is 3.36. The van der Waals surface area contributed by atoms with Crippen LogP contribution in [0, 0.1) is 0 Å². The van der Waals surface area contributed by atoms with E-state index < -0.39 is 72.6 Å². The Hall–Kier alpha value is -4.93. The van der Waals surface area contributed by atoms with E-state index in [2.05, 4.69) is 15.6 Å². The number of benzene rings is 1. The summed E-state index contributed by atoms with van der Waals surface area (Å²) in [7, 11) is 0. The summed E-state index contributed by atoms with van der Waals surface area (Å²) in [6.07, 6.45) is -1.59. The van der Waals surface area contributed by atoms with E-state index in [1.807, 2.05) is 5.32 Å². The van der Waals surface area contributed by atoms with Gasteiger partial charge < -0.3 is 54.2 Å². The van der Waals surface area contributed by atoms with Gasteiger partial charge in [0.2, 0.25) is 23.6 Å². The third kappa shape index (κ3) is 12.5. The summed E-state index contributed by atoms with van der Waals surface area (Å²) >= 11 is 0. The van der Waals surface area contributed by atoms with E-state index in [1.54, 1.807) is 0 Å². The summed E-state index contributed by atoms with van der Waals surface area (Å²) in [5.74, 6) is -7.18. The van der Waals surface area contributed by atoms with E-state index in [4.69, 9.17) is 28.0 Å². The maximum atomic E-state index is 13.0. The smallest absolute Gasteiger partial charge is 0.326 e. The Labute approximate surface area is 228 Å². The van der Waals surface area contributed by atoms with Crippen molar-refractivity contribution in [2.75, 3.05) is 6.54 Å². The number of phenols is 1. The van der Waals surface area contributed by atoms with Gasteiger partial charge in [0.05, 0.1) is 18.9 Å². The van der Waals surface area contributed by atoms with E-state index in [-0.39, 0.29) is 37.5 Å². The number of aromatic hydroxyl groups is 1. The highest BCUT2D eigenvalue weighted by Crippen LogP contribution is 2.11. The van der Waals surface area contributed by atoms with Crippen molar-refractivity contribution in [2.24, 2.45) is 27.9 Å². The number of nitrogens with zero attached hydrogens (tertiary/aromatic N) is 1. The molecule has 0 bridgehead atoms. The van der Waals surface area contributed by atoms with Crippen molar-refractivity contribution in [1.29, 1.82) is 0 Å². The van der Waals surface area contributed by atoms with Crippen LogP contribution in [0.1, 0.15) is 31.2 Å². The normalized spacial score (nSPS) is 13.5. The highest BCUT2D eigenvalue weighted by molar-refractivity contribution is 5.96. The molecule has 0 aliphatic rings. The van der Waals surface area contributed by atoms with Gasteiger partial charge in [0.15, 0.2) is 5.96 Å². The topological polar surface area (TPSA) is 316 Å². The second kappa shape index (κ2) is 16.1. The molecule has 17 heteroatoms. The molecule has 0 heterocycles. The van der Waals surface area contributed by atoms with Crippen molar-refractivity contribution in [1.82, 2.24) is 16.0 Å². The van der Waals surface area contributed by atoms with Crippen molar-refractivity contribution in [3.8, 4) is 5.75 Å². The van der Waals surface area contributed by atoms with Crippen LogP contribution >= 0.6 is 0 Å². The van der Waals surface area contributed by atoms with Gasteiger partial charge in [0.25, 0.3) is 0 Å². The number of aliphatic imine (C=N–C) groups is 1. The number of nitrogens with one attached hydrogen (secondary N) is 3. The van der Waals surface area contributed by atoms with Crippen LogP contribution in [0.25, 0.3) is 0 Å². The Morgan fingerprint density at radius 3 is 1.88 bits per heavy atom. The zero-order valence-corrected chi connectivity index (χ0v) is 21.4. The van der Waals surface area contributed by atoms with Crippen molar-refractivity contribution in [2.45, 2.75) is 56.3 Å². The first-order chi connectivity index (χ1) is 18.7. The first kappa shape index (κ1) is 33.1. The lowest BCUT2D eigenvalue weighted by atomic mass is 10.0. The number of guanidine groups is 1. The number of hydrogen-bond acceptors (Lipinski definition) is 9. The maximum absolute atomic E-state index is 13.0. The van der Waals surface area contributed by atoms with Crippen molar-refractivity contribution >= 4 is 41.5 Å². The van der Waals surface area contributed by atoms with E-state index in [9.17, 15) is 39.0 Å². The third-order valence-corrected chi connectivity index (χ3v) is 5.34. The molecule has 1 aromatic carbocycles. The van der Waals surface area contributed by atoms with E-state index in [0.29, 0.717) is 5.56 Å². The quantitative estimate of drug-likeness (QED) is 0.0493. The Bertz CT molecular complexity index is 1110. The summed E-state index contributed by atoms with van der Waals surface area (Å²) in [6.45, 7) is 0.0348. The first-order valence-electron chi connectivity index (χ1n) is 11.9. The molecule has 0 aromatic heterocycles. The number of carboxylic acid groups (broad SMARTS) is 2. The number of hydrogen-bond donors (Lipinski definition) is 10. The average molecular weight is 567 g/mol. The van der Waals surface area contributed by atoms with Crippen LogP contribution in [0.15, 0.2) is 29.3 Å². The maximum Gasteiger partial charge on any atom is 0.326 e. The van der Waals surface area contributed by atoms with Crippen molar-refractivity contribution < 1.29 is 44.1 Å². The second-order valence-electron chi connectivity index (χ2n) is 8.72. The molecule has 0 aliphatic heterocycles. The molecule has 17 nitrogen and oxygen atoms in total. The van der Waals surface area contributed by atoms with Gasteiger partial charge in [0.1, 0.15) is 23.9 Å². The molecular formula is C23H34N8O9. The number of aliphatic carboxylic acids is 2. The fourth-order valence-corrected chi connectivity index (χ4v) is 3.36. The summed E-state index contributed by atoms with van der Waals surface area (Å²) in [4.78, 5) is 76.2. The largest absolute Gasteiger partial charge is 0.508 e. The van der Waals surface area contributed by atoms with Gasteiger partial charge in [-0.15, -0.1) is 0 Å². The van der Waals surface area contributed by atoms with Gasteiger partial charge in [0, 0.05) is 6.54 Å². The molecule has 0 radical (unpaired) electrons. The van der Waals surface area contributed by atoms with Crippen LogP contribution in [0.2, 0.25) is 0 Å². The number of carbonyl (C=O) groups excluding carboxylic acids is 4. The monoisotopic (exact) mass is 566 g/mol. The van der Waals surface area contributed by atoms with Crippen LogP contribution in [-0.2, 0) is 35.2 Å². The van der Waals surface area contributed by atoms with Crippen LogP contribution in [0.3, 0.4) is 0 Å². The van der Waals surface area contributed by atoms with Gasteiger partial charge >= 0.3 is 11.9 Å². The van der Waals surface area contributed by atoms with Crippen LogP contribution in [0.4, 0.5) is 0 Å². The minimum atomic E-state index is -1.80. The lowest BCUT2D eigenvalue weighted by molar-refractivity contribution is -0.147. The number of phenolic OH excluding ortho intramolecular Hbond substituents is 1. The van der Waals surface area contributed by atoms with E-state index in [1.165, 1.54) is 24.3 Å². The summed E-state index contributed by atoms with van der Waals surface area (Å²) in [6, 6.07) is -0.0967. The predicted molar refractivity (Wildman–Crippen MR) is 139 cm³/mol. The third-order valence-electron chi connectivity index (χ3n) is 5.34. The molecule has 1 aromatic rings. The van der Waals surface area contributed by atoms with Crippen molar-refractivity contribution in [3.63, 3.8) is 0 Å². The highest BCUT2D eigenvalue weighted by Gasteiger charge is 2.31.